The quantitative estimate of drug-likeness (QED) is 0.285. The smallest absolute Gasteiger partial charge is 0.349 e. The largest absolute Gasteiger partial charge is 0.417 e. The van der Waals surface area contributed by atoms with E-state index in [4.69, 9.17) is 4.74 Å². The molecule has 0 amide bonds. The fourth-order valence-electron chi connectivity index (χ4n) is 4.17. The number of rotatable bonds is 9. The Bertz CT molecular complexity index is 1170. The lowest BCUT2D eigenvalue weighted by molar-refractivity contribution is -0.176. The molecule has 236 valence electrons. The van der Waals surface area contributed by atoms with Crippen molar-refractivity contribution in [3.63, 3.8) is 0 Å². The molecule has 10 heteroatoms. The van der Waals surface area contributed by atoms with Crippen LogP contribution in [0.1, 0.15) is 105 Å². The summed E-state index contributed by atoms with van der Waals surface area (Å²) in [6, 6.07) is 9.34. The Kier molecular flexibility index (Phi) is 15.1. The van der Waals surface area contributed by atoms with Gasteiger partial charge in [-0.1, -0.05) is 63.9 Å². The molecule has 0 fully saturated rings. The van der Waals surface area contributed by atoms with Crippen LogP contribution in [0, 0.1) is 13.8 Å². The molecule has 0 saturated carbocycles. The number of halogens is 3. The van der Waals surface area contributed by atoms with Gasteiger partial charge in [-0.2, -0.15) is 17.5 Å². The average Bonchev–Trinajstić information content (AvgIpc) is 2.84. The van der Waals surface area contributed by atoms with Crippen LogP contribution in [-0.2, 0) is 38.5 Å². The molecule has 1 N–H and O–H groups in total. The van der Waals surface area contributed by atoms with E-state index in [0.29, 0.717) is 16.0 Å². The zero-order valence-electron chi connectivity index (χ0n) is 27.3. The normalized spacial score (nSPS) is 14.0. The first-order valence-electron chi connectivity index (χ1n) is 14.1. The van der Waals surface area contributed by atoms with E-state index in [-0.39, 0.29) is 11.4 Å². The topological polar surface area (TPSA) is 58.6 Å². The van der Waals surface area contributed by atoms with Crippen molar-refractivity contribution < 1.29 is 26.3 Å². The van der Waals surface area contributed by atoms with Gasteiger partial charge in [0, 0.05) is 17.6 Å². The summed E-state index contributed by atoms with van der Waals surface area (Å²) in [5.74, 6) is 0. The van der Waals surface area contributed by atoms with Gasteiger partial charge in [-0.3, -0.25) is 0 Å². The Morgan fingerprint density at radius 3 is 1.63 bits per heavy atom. The van der Waals surface area contributed by atoms with Gasteiger partial charge < -0.3 is 4.74 Å². The van der Waals surface area contributed by atoms with Crippen LogP contribution >= 0.6 is 0 Å². The third-order valence-corrected chi connectivity index (χ3v) is 8.99. The summed E-state index contributed by atoms with van der Waals surface area (Å²) < 4.78 is 79.2. The molecular weight excluding hydrogens is 569 g/mol. The minimum Gasteiger partial charge on any atom is -0.349 e. The van der Waals surface area contributed by atoms with Gasteiger partial charge in [-0.25, -0.2) is 13.1 Å². The van der Waals surface area contributed by atoms with Gasteiger partial charge in [-0.05, 0) is 80.5 Å². The minimum atomic E-state index is -4.65. The summed E-state index contributed by atoms with van der Waals surface area (Å²) in [6.07, 6.45) is -4.65. The standard InChI is InChI=1S/C27H39F3N2O3S2.2C2H6/c1-11-32(37(34)23-15-13-19(3)17-21(23)27(28,29)30)26(9,10)35-25(7,8)20-16-18(2)12-14-22(20)36(33)31-24(4,5)6;2*1-2/h12-17,31H,11H2,1-10H3;2*1-2H3. The molecule has 0 aliphatic carbocycles. The van der Waals surface area contributed by atoms with Crippen molar-refractivity contribution in [1.82, 2.24) is 9.03 Å². The van der Waals surface area contributed by atoms with Crippen molar-refractivity contribution in [2.24, 2.45) is 0 Å². The summed E-state index contributed by atoms with van der Waals surface area (Å²) in [4.78, 5) is 0.226. The van der Waals surface area contributed by atoms with Gasteiger partial charge in [0.1, 0.15) is 27.7 Å². The number of hydrogen-bond donors (Lipinski definition) is 1. The Balaban J connectivity index is 0.00000382. The van der Waals surface area contributed by atoms with E-state index in [0.717, 1.165) is 11.6 Å². The van der Waals surface area contributed by atoms with Gasteiger partial charge in [0.05, 0.1) is 21.0 Å². The molecule has 2 unspecified atom stereocenters. The van der Waals surface area contributed by atoms with Gasteiger partial charge in [0.25, 0.3) is 0 Å². The number of hydrogen-bond acceptors (Lipinski definition) is 3. The lowest BCUT2D eigenvalue weighted by atomic mass is 9.95. The molecule has 41 heavy (non-hydrogen) atoms. The third-order valence-electron chi connectivity index (χ3n) is 5.60. The molecule has 2 aromatic carbocycles. The SMILES string of the molecule is CC.CC.CCN(S(=O)c1ccc(C)cc1C(F)(F)F)C(C)(C)OC(C)(C)c1cc(C)ccc1S(=O)NC(C)(C)C. The minimum absolute atomic E-state index is 0.166. The first kappa shape index (κ1) is 39.4. The van der Waals surface area contributed by atoms with Crippen LogP contribution in [0.5, 0.6) is 0 Å². The lowest BCUT2D eigenvalue weighted by Crippen LogP contribution is -2.51. The van der Waals surface area contributed by atoms with E-state index in [9.17, 15) is 21.6 Å². The molecule has 0 saturated heterocycles. The molecule has 2 rings (SSSR count). The van der Waals surface area contributed by atoms with Crippen LogP contribution in [0.2, 0.25) is 0 Å². The monoisotopic (exact) mass is 620 g/mol. The molecule has 0 aliphatic rings. The van der Waals surface area contributed by atoms with E-state index in [2.05, 4.69) is 4.72 Å². The summed E-state index contributed by atoms with van der Waals surface area (Å²) in [6.45, 7) is 26.1. The zero-order valence-corrected chi connectivity index (χ0v) is 28.9. The van der Waals surface area contributed by atoms with Crippen molar-refractivity contribution in [3.8, 4) is 0 Å². The van der Waals surface area contributed by atoms with E-state index in [1.54, 1.807) is 33.8 Å². The van der Waals surface area contributed by atoms with Gasteiger partial charge in [0.2, 0.25) is 0 Å². The zero-order chi connectivity index (χ0) is 32.6. The molecule has 0 aromatic heterocycles. The Morgan fingerprint density at radius 1 is 0.780 bits per heavy atom. The van der Waals surface area contributed by atoms with E-state index < -0.39 is 50.6 Å². The average molecular weight is 621 g/mol. The summed E-state index contributed by atoms with van der Waals surface area (Å²) in [7, 11) is -3.71. The second-order valence-corrected chi connectivity index (χ2v) is 13.7. The Labute approximate surface area is 251 Å². The highest BCUT2D eigenvalue weighted by atomic mass is 32.2. The Hall–Kier alpha value is -1.59. The molecule has 5 nitrogen and oxygen atoms in total. The number of aryl methyl sites for hydroxylation is 2. The highest BCUT2D eigenvalue weighted by Crippen LogP contribution is 2.39. The van der Waals surface area contributed by atoms with Crippen molar-refractivity contribution in [3.05, 3.63) is 58.7 Å². The van der Waals surface area contributed by atoms with Gasteiger partial charge in [0.15, 0.2) is 0 Å². The van der Waals surface area contributed by atoms with Gasteiger partial charge in [-0.15, -0.1) is 0 Å². The maximum atomic E-state index is 13.8. The second-order valence-electron chi connectivity index (χ2n) is 11.1. The summed E-state index contributed by atoms with van der Waals surface area (Å²) in [5.41, 5.74) is -1.58. The van der Waals surface area contributed by atoms with Crippen LogP contribution in [0.4, 0.5) is 13.2 Å². The molecule has 2 atom stereocenters. The lowest BCUT2D eigenvalue weighted by Gasteiger charge is -2.43. The molecule has 0 radical (unpaired) electrons. The van der Waals surface area contributed by atoms with Gasteiger partial charge >= 0.3 is 6.18 Å². The maximum absolute atomic E-state index is 13.8. The second kappa shape index (κ2) is 15.8. The number of nitrogens with one attached hydrogen (secondary N) is 1. The predicted molar refractivity (Wildman–Crippen MR) is 166 cm³/mol. The third kappa shape index (κ3) is 11.2. The molecule has 0 heterocycles. The fourth-order valence-corrected chi connectivity index (χ4v) is 6.99. The molecule has 0 bridgehead atoms. The van der Waals surface area contributed by atoms with E-state index in [1.807, 2.05) is 81.4 Å². The van der Waals surface area contributed by atoms with Crippen molar-refractivity contribution in [1.29, 1.82) is 0 Å². The number of alkyl halides is 3. The summed E-state index contributed by atoms with van der Waals surface area (Å²) in [5, 5.41) is 0. The van der Waals surface area contributed by atoms with E-state index >= 15 is 0 Å². The van der Waals surface area contributed by atoms with Crippen LogP contribution in [-0.4, -0.2) is 30.5 Å². The molecule has 2 aromatic rings. The van der Waals surface area contributed by atoms with Crippen LogP contribution in [0.25, 0.3) is 0 Å². The predicted octanol–water partition coefficient (Wildman–Crippen LogP) is 8.82. The molecule has 0 spiro atoms. The first-order chi connectivity index (χ1) is 18.7. The molecular formula is C31H51F3N2O3S2. The van der Waals surface area contributed by atoms with Crippen LogP contribution in [0.3, 0.4) is 0 Å². The van der Waals surface area contributed by atoms with Crippen LogP contribution < -0.4 is 4.72 Å². The van der Waals surface area contributed by atoms with Crippen molar-refractivity contribution in [2.75, 3.05) is 6.54 Å². The van der Waals surface area contributed by atoms with Crippen LogP contribution in [0.15, 0.2) is 46.2 Å². The highest BCUT2D eigenvalue weighted by molar-refractivity contribution is 7.83. The number of ether oxygens (including phenoxy) is 1. The fraction of sp³-hybridized carbons (Fsp3) is 0.613. The summed E-state index contributed by atoms with van der Waals surface area (Å²) >= 11 is 0. The van der Waals surface area contributed by atoms with Crippen molar-refractivity contribution >= 4 is 22.0 Å². The highest BCUT2D eigenvalue weighted by Gasteiger charge is 2.42. The number of nitrogens with zero attached hydrogens (tertiary/aromatic N) is 1. The number of benzene rings is 2. The van der Waals surface area contributed by atoms with Crippen molar-refractivity contribution in [2.45, 2.75) is 130 Å². The maximum Gasteiger partial charge on any atom is 0.417 e. The van der Waals surface area contributed by atoms with E-state index in [1.165, 1.54) is 16.4 Å². The first-order valence-corrected chi connectivity index (χ1v) is 16.3. The molecule has 0 aliphatic heterocycles. The Morgan fingerprint density at radius 2 is 1.22 bits per heavy atom.